The van der Waals surface area contributed by atoms with Gasteiger partial charge in [0.05, 0.1) is 10.8 Å². The molecule has 0 spiro atoms. The Kier molecular flexibility index (Phi) is 6.11. The second kappa shape index (κ2) is 7.89. The summed E-state index contributed by atoms with van der Waals surface area (Å²) >= 11 is 0. The third kappa shape index (κ3) is 4.21. The van der Waals surface area contributed by atoms with Crippen LogP contribution in [-0.2, 0) is 14.6 Å². The Morgan fingerprint density at radius 3 is 2.58 bits per heavy atom. The molecule has 0 radical (unpaired) electrons. The molecule has 1 amide bonds. The topological polar surface area (TPSA) is 92.5 Å². The van der Waals surface area contributed by atoms with Crippen molar-refractivity contribution >= 4 is 21.4 Å². The molecule has 9 heteroatoms. The number of rotatable bonds is 6. The molecule has 0 saturated carbocycles. The van der Waals surface area contributed by atoms with Crippen molar-refractivity contribution in [2.24, 2.45) is 11.7 Å². The van der Waals surface area contributed by atoms with Crippen LogP contribution >= 0.6 is 0 Å². The Labute approximate surface area is 139 Å². The first-order valence-corrected chi connectivity index (χ1v) is 9.25. The SMILES string of the molecule is NCCNC(=O)C1CCCN(c2ccc(S(=O)(=O)C(F)F)cc2)C1. The molecule has 134 valence electrons. The van der Waals surface area contributed by atoms with E-state index in [0.717, 1.165) is 19.4 Å². The van der Waals surface area contributed by atoms with E-state index in [-0.39, 0.29) is 11.8 Å². The van der Waals surface area contributed by atoms with Gasteiger partial charge in [-0.15, -0.1) is 0 Å². The minimum atomic E-state index is -4.59. The fourth-order valence-electron chi connectivity index (χ4n) is 2.71. The van der Waals surface area contributed by atoms with Crippen molar-refractivity contribution in [3.8, 4) is 0 Å². The number of nitrogens with one attached hydrogen (secondary N) is 1. The zero-order chi connectivity index (χ0) is 17.7. The lowest BCUT2D eigenvalue weighted by molar-refractivity contribution is -0.125. The van der Waals surface area contributed by atoms with Gasteiger partial charge in [-0.25, -0.2) is 8.42 Å². The molecule has 1 aliphatic rings. The summed E-state index contributed by atoms with van der Waals surface area (Å²) in [5.41, 5.74) is 6.08. The van der Waals surface area contributed by atoms with E-state index in [1.54, 1.807) is 0 Å². The van der Waals surface area contributed by atoms with E-state index in [4.69, 9.17) is 5.73 Å². The predicted molar refractivity (Wildman–Crippen MR) is 86.6 cm³/mol. The lowest BCUT2D eigenvalue weighted by Crippen LogP contribution is -2.44. The molecule has 1 saturated heterocycles. The molecule has 1 aromatic rings. The van der Waals surface area contributed by atoms with Crippen LogP contribution in [0, 0.1) is 5.92 Å². The molecule has 0 aliphatic carbocycles. The standard InChI is InChI=1S/C15H21F2N3O3S/c16-15(17)24(22,23)13-5-3-12(4-6-13)20-9-1-2-11(10-20)14(21)19-8-7-18/h3-6,11,15H,1-2,7-10,18H2,(H,19,21). The summed E-state index contributed by atoms with van der Waals surface area (Å²) in [4.78, 5) is 13.6. The maximum Gasteiger partial charge on any atom is 0.341 e. The highest BCUT2D eigenvalue weighted by Gasteiger charge is 2.28. The Morgan fingerprint density at radius 1 is 1.33 bits per heavy atom. The van der Waals surface area contributed by atoms with Crippen LogP contribution in [0.1, 0.15) is 12.8 Å². The van der Waals surface area contributed by atoms with Crippen molar-refractivity contribution in [2.75, 3.05) is 31.1 Å². The summed E-state index contributed by atoms with van der Waals surface area (Å²) in [5.74, 6) is -3.66. The summed E-state index contributed by atoms with van der Waals surface area (Å²) in [6, 6.07) is 5.34. The van der Waals surface area contributed by atoms with Gasteiger partial charge in [0.1, 0.15) is 0 Å². The third-order valence-electron chi connectivity index (χ3n) is 4.00. The molecular formula is C15H21F2N3O3S. The average Bonchev–Trinajstić information content (AvgIpc) is 2.59. The zero-order valence-corrected chi connectivity index (χ0v) is 13.9. The van der Waals surface area contributed by atoms with E-state index in [1.165, 1.54) is 24.3 Å². The average molecular weight is 361 g/mol. The number of nitrogens with two attached hydrogens (primary N) is 1. The van der Waals surface area contributed by atoms with Gasteiger partial charge in [0, 0.05) is 31.9 Å². The van der Waals surface area contributed by atoms with E-state index in [9.17, 15) is 22.0 Å². The van der Waals surface area contributed by atoms with Crippen LogP contribution in [0.15, 0.2) is 29.2 Å². The first kappa shape index (κ1) is 18.6. The molecule has 24 heavy (non-hydrogen) atoms. The summed E-state index contributed by atoms with van der Waals surface area (Å²) in [6.45, 7) is 2.02. The van der Waals surface area contributed by atoms with Crippen LogP contribution in [-0.4, -0.2) is 46.3 Å². The predicted octanol–water partition coefficient (Wildman–Crippen LogP) is 0.974. The van der Waals surface area contributed by atoms with Crippen LogP contribution in [0.5, 0.6) is 0 Å². The number of piperidine rings is 1. The molecule has 1 heterocycles. The summed E-state index contributed by atoms with van der Waals surface area (Å²) in [6.07, 6.45) is 1.59. The molecule has 1 aromatic carbocycles. The minimum Gasteiger partial charge on any atom is -0.371 e. The maximum atomic E-state index is 12.5. The number of carbonyl (C=O) groups is 1. The van der Waals surface area contributed by atoms with Crippen LogP contribution in [0.2, 0.25) is 0 Å². The number of alkyl halides is 2. The molecular weight excluding hydrogens is 340 g/mol. The first-order chi connectivity index (χ1) is 11.4. The quantitative estimate of drug-likeness (QED) is 0.788. The molecule has 1 aliphatic heterocycles. The lowest BCUT2D eigenvalue weighted by Gasteiger charge is -2.33. The second-order valence-corrected chi connectivity index (χ2v) is 7.58. The first-order valence-electron chi connectivity index (χ1n) is 7.71. The number of nitrogens with zero attached hydrogens (tertiary/aromatic N) is 1. The van der Waals surface area contributed by atoms with Gasteiger partial charge in [0.25, 0.3) is 0 Å². The van der Waals surface area contributed by atoms with Gasteiger partial charge >= 0.3 is 5.76 Å². The number of anilines is 1. The highest BCUT2D eigenvalue weighted by molar-refractivity contribution is 7.91. The van der Waals surface area contributed by atoms with E-state index in [1.807, 2.05) is 4.90 Å². The number of amides is 1. The van der Waals surface area contributed by atoms with Crippen molar-refractivity contribution in [2.45, 2.75) is 23.5 Å². The van der Waals surface area contributed by atoms with Crippen molar-refractivity contribution in [3.63, 3.8) is 0 Å². The molecule has 0 aromatic heterocycles. The van der Waals surface area contributed by atoms with Crippen molar-refractivity contribution < 1.29 is 22.0 Å². The smallest absolute Gasteiger partial charge is 0.341 e. The largest absolute Gasteiger partial charge is 0.371 e. The maximum absolute atomic E-state index is 12.5. The van der Waals surface area contributed by atoms with Crippen molar-refractivity contribution in [1.29, 1.82) is 0 Å². The van der Waals surface area contributed by atoms with Crippen molar-refractivity contribution in [3.05, 3.63) is 24.3 Å². The monoisotopic (exact) mass is 361 g/mol. The number of hydrogen-bond acceptors (Lipinski definition) is 5. The van der Waals surface area contributed by atoms with Gasteiger partial charge in [0.2, 0.25) is 15.7 Å². The fraction of sp³-hybridized carbons (Fsp3) is 0.533. The Hall–Kier alpha value is -1.74. The van der Waals surface area contributed by atoms with Gasteiger partial charge in [-0.3, -0.25) is 4.79 Å². The summed E-state index contributed by atoms with van der Waals surface area (Å²) < 4.78 is 48.0. The second-order valence-electron chi connectivity index (χ2n) is 5.66. The van der Waals surface area contributed by atoms with E-state index < -0.39 is 20.5 Å². The zero-order valence-electron chi connectivity index (χ0n) is 13.1. The Balaban J connectivity index is 2.07. The highest BCUT2D eigenvalue weighted by atomic mass is 32.2. The third-order valence-corrected chi connectivity index (χ3v) is 5.40. The number of carbonyl (C=O) groups excluding carboxylic acids is 1. The van der Waals surface area contributed by atoms with Crippen LogP contribution in [0.4, 0.5) is 14.5 Å². The molecule has 3 N–H and O–H groups in total. The van der Waals surface area contributed by atoms with E-state index >= 15 is 0 Å². The van der Waals surface area contributed by atoms with Gasteiger partial charge in [-0.2, -0.15) is 8.78 Å². The van der Waals surface area contributed by atoms with Crippen molar-refractivity contribution in [1.82, 2.24) is 5.32 Å². The number of halogens is 2. The van der Waals surface area contributed by atoms with Gasteiger partial charge in [-0.1, -0.05) is 0 Å². The Morgan fingerprint density at radius 2 is 2.00 bits per heavy atom. The molecule has 6 nitrogen and oxygen atoms in total. The fourth-order valence-corrected chi connectivity index (χ4v) is 3.44. The van der Waals surface area contributed by atoms with Crippen LogP contribution < -0.4 is 16.0 Å². The van der Waals surface area contributed by atoms with Gasteiger partial charge in [0.15, 0.2) is 0 Å². The molecule has 2 rings (SSSR count). The molecule has 1 atom stereocenters. The molecule has 0 bridgehead atoms. The number of hydrogen-bond donors (Lipinski definition) is 2. The lowest BCUT2D eigenvalue weighted by atomic mass is 9.96. The number of sulfone groups is 1. The van der Waals surface area contributed by atoms with Crippen LogP contribution in [0.3, 0.4) is 0 Å². The van der Waals surface area contributed by atoms with E-state index in [0.29, 0.717) is 25.3 Å². The summed E-state index contributed by atoms with van der Waals surface area (Å²) in [5, 5.41) is 2.76. The minimum absolute atomic E-state index is 0.0537. The molecule has 1 unspecified atom stereocenters. The normalized spacial score (nSPS) is 18.7. The summed E-state index contributed by atoms with van der Waals surface area (Å²) in [7, 11) is -4.59. The van der Waals surface area contributed by atoms with Gasteiger partial charge < -0.3 is 16.0 Å². The van der Waals surface area contributed by atoms with E-state index in [2.05, 4.69) is 5.32 Å². The Bertz CT molecular complexity index is 665. The van der Waals surface area contributed by atoms with Gasteiger partial charge in [-0.05, 0) is 37.1 Å². The highest BCUT2D eigenvalue weighted by Crippen LogP contribution is 2.26. The number of benzene rings is 1. The van der Waals surface area contributed by atoms with Crippen LogP contribution in [0.25, 0.3) is 0 Å². The molecule has 1 fully saturated rings.